The Kier molecular flexibility index (Phi) is 4.49. The molecule has 0 bridgehead atoms. The van der Waals surface area contributed by atoms with Gasteiger partial charge in [-0.05, 0) is 49.4 Å². The molecule has 0 amide bonds. The zero-order valence-electron chi connectivity index (χ0n) is 11.6. The molecule has 2 rings (SSSR count). The Bertz CT molecular complexity index is 623. The maximum atomic E-state index is 11.6. The standard InChI is InChI=1S/C13H16BrN5O/c1-8(2)19-13(16-17-18-19)7-15-12-5-4-10(14)6-11(12)9(3)20/h4-6,8,15H,7H2,1-3H3. The molecule has 1 heterocycles. The van der Waals surface area contributed by atoms with Gasteiger partial charge < -0.3 is 5.32 Å². The van der Waals surface area contributed by atoms with Gasteiger partial charge in [-0.3, -0.25) is 4.79 Å². The monoisotopic (exact) mass is 337 g/mol. The molecular weight excluding hydrogens is 322 g/mol. The van der Waals surface area contributed by atoms with Crippen LogP contribution in [0.1, 0.15) is 43.0 Å². The average Bonchev–Trinajstić information content (AvgIpc) is 2.85. The molecule has 1 N–H and O–H groups in total. The highest BCUT2D eigenvalue weighted by Crippen LogP contribution is 2.22. The lowest BCUT2D eigenvalue weighted by Gasteiger charge is -2.12. The second-order valence-electron chi connectivity index (χ2n) is 4.73. The Morgan fingerprint density at radius 3 is 2.85 bits per heavy atom. The number of carbonyl (C=O) groups excluding carboxylic acids is 1. The second kappa shape index (κ2) is 6.13. The van der Waals surface area contributed by atoms with Crippen LogP contribution in [0, 0.1) is 0 Å². The molecule has 2 aromatic rings. The topological polar surface area (TPSA) is 72.7 Å². The molecule has 6 nitrogen and oxygen atoms in total. The van der Waals surface area contributed by atoms with E-state index in [1.807, 2.05) is 26.0 Å². The molecule has 106 valence electrons. The molecule has 7 heteroatoms. The van der Waals surface area contributed by atoms with Crippen LogP contribution in [0.25, 0.3) is 0 Å². The highest BCUT2D eigenvalue weighted by molar-refractivity contribution is 9.10. The molecule has 0 saturated carbocycles. The number of hydrogen-bond donors (Lipinski definition) is 1. The number of aromatic nitrogens is 4. The number of rotatable bonds is 5. The summed E-state index contributed by atoms with van der Waals surface area (Å²) in [6.45, 7) is 6.04. The van der Waals surface area contributed by atoms with Gasteiger partial charge >= 0.3 is 0 Å². The van der Waals surface area contributed by atoms with Gasteiger partial charge in [-0.25, -0.2) is 4.68 Å². The SMILES string of the molecule is CC(=O)c1cc(Br)ccc1NCc1nnnn1C(C)C. The minimum Gasteiger partial charge on any atom is -0.377 e. The summed E-state index contributed by atoms with van der Waals surface area (Å²) < 4.78 is 2.62. The molecule has 0 aliphatic rings. The van der Waals surface area contributed by atoms with Gasteiger partial charge in [0.2, 0.25) is 0 Å². The normalized spacial score (nSPS) is 10.8. The summed E-state index contributed by atoms with van der Waals surface area (Å²) in [5, 5.41) is 14.8. The summed E-state index contributed by atoms with van der Waals surface area (Å²) in [4.78, 5) is 11.6. The molecule has 0 spiro atoms. The molecule has 0 fully saturated rings. The van der Waals surface area contributed by atoms with Crippen molar-refractivity contribution >= 4 is 27.4 Å². The fraction of sp³-hybridized carbons (Fsp3) is 0.385. The van der Waals surface area contributed by atoms with Crippen molar-refractivity contribution in [3.8, 4) is 0 Å². The van der Waals surface area contributed by atoms with Crippen molar-refractivity contribution in [3.63, 3.8) is 0 Å². The van der Waals surface area contributed by atoms with Crippen molar-refractivity contribution in [2.45, 2.75) is 33.4 Å². The molecule has 0 radical (unpaired) electrons. The van der Waals surface area contributed by atoms with E-state index in [0.717, 1.165) is 16.0 Å². The summed E-state index contributed by atoms with van der Waals surface area (Å²) in [6.07, 6.45) is 0. The van der Waals surface area contributed by atoms with E-state index in [9.17, 15) is 4.79 Å². The van der Waals surface area contributed by atoms with E-state index in [-0.39, 0.29) is 11.8 Å². The van der Waals surface area contributed by atoms with Crippen LogP contribution < -0.4 is 5.32 Å². The third-order valence-corrected chi connectivity index (χ3v) is 3.34. The van der Waals surface area contributed by atoms with E-state index >= 15 is 0 Å². The first-order valence-electron chi connectivity index (χ1n) is 6.30. The number of halogens is 1. The number of ketones is 1. The highest BCUT2D eigenvalue weighted by atomic mass is 79.9. The van der Waals surface area contributed by atoms with Crippen LogP contribution in [0.15, 0.2) is 22.7 Å². The zero-order valence-corrected chi connectivity index (χ0v) is 13.2. The molecular formula is C13H16BrN5O. The van der Waals surface area contributed by atoms with Crippen molar-refractivity contribution in [2.75, 3.05) is 5.32 Å². The fourth-order valence-electron chi connectivity index (χ4n) is 1.87. The van der Waals surface area contributed by atoms with E-state index in [2.05, 4.69) is 36.8 Å². The van der Waals surface area contributed by atoms with Gasteiger partial charge in [0.15, 0.2) is 11.6 Å². The third kappa shape index (κ3) is 3.22. The van der Waals surface area contributed by atoms with Crippen molar-refractivity contribution in [1.82, 2.24) is 20.2 Å². The molecule has 1 aromatic carbocycles. The zero-order chi connectivity index (χ0) is 14.7. The first-order chi connectivity index (χ1) is 9.49. The quantitative estimate of drug-likeness (QED) is 0.849. The van der Waals surface area contributed by atoms with Gasteiger partial charge in [0, 0.05) is 15.7 Å². The Labute approximate surface area is 125 Å². The molecule has 0 aliphatic heterocycles. The van der Waals surface area contributed by atoms with Crippen LogP contribution in [-0.2, 0) is 6.54 Å². The van der Waals surface area contributed by atoms with Crippen molar-refractivity contribution in [3.05, 3.63) is 34.1 Å². The van der Waals surface area contributed by atoms with Crippen LogP contribution >= 0.6 is 15.9 Å². The number of nitrogens with one attached hydrogen (secondary N) is 1. The summed E-state index contributed by atoms with van der Waals surface area (Å²) >= 11 is 3.37. The summed E-state index contributed by atoms with van der Waals surface area (Å²) in [7, 11) is 0. The average molecular weight is 338 g/mol. The number of anilines is 1. The molecule has 0 aliphatic carbocycles. The lowest BCUT2D eigenvalue weighted by molar-refractivity contribution is 0.101. The smallest absolute Gasteiger partial charge is 0.170 e. The molecule has 0 saturated heterocycles. The minimum atomic E-state index is 0.0113. The largest absolute Gasteiger partial charge is 0.377 e. The number of Topliss-reactive ketones (excluding diaryl/α,β-unsaturated/α-hetero) is 1. The minimum absolute atomic E-state index is 0.0113. The Morgan fingerprint density at radius 2 is 2.20 bits per heavy atom. The number of carbonyl (C=O) groups is 1. The van der Waals surface area contributed by atoms with Crippen LogP contribution in [0.3, 0.4) is 0 Å². The summed E-state index contributed by atoms with van der Waals surface area (Å²) in [5.41, 5.74) is 1.42. The van der Waals surface area contributed by atoms with Gasteiger partial charge in [-0.1, -0.05) is 15.9 Å². The van der Waals surface area contributed by atoms with E-state index in [4.69, 9.17) is 0 Å². The number of hydrogen-bond acceptors (Lipinski definition) is 5. The lowest BCUT2D eigenvalue weighted by Crippen LogP contribution is -2.13. The summed E-state index contributed by atoms with van der Waals surface area (Å²) in [5.74, 6) is 0.745. The maximum absolute atomic E-state index is 11.6. The lowest BCUT2D eigenvalue weighted by atomic mass is 10.1. The second-order valence-corrected chi connectivity index (χ2v) is 5.65. The van der Waals surface area contributed by atoms with E-state index < -0.39 is 0 Å². The summed E-state index contributed by atoms with van der Waals surface area (Å²) in [6, 6.07) is 5.75. The predicted molar refractivity (Wildman–Crippen MR) is 79.7 cm³/mol. The van der Waals surface area contributed by atoms with Crippen LogP contribution in [-0.4, -0.2) is 26.0 Å². The highest BCUT2D eigenvalue weighted by Gasteiger charge is 2.11. The fourth-order valence-corrected chi connectivity index (χ4v) is 2.23. The van der Waals surface area contributed by atoms with Gasteiger partial charge in [0.25, 0.3) is 0 Å². The number of nitrogens with zero attached hydrogens (tertiary/aromatic N) is 4. The first kappa shape index (κ1) is 14.6. The van der Waals surface area contributed by atoms with Crippen LogP contribution in [0.5, 0.6) is 0 Å². The van der Waals surface area contributed by atoms with Crippen LogP contribution in [0.2, 0.25) is 0 Å². The van der Waals surface area contributed by atoms with Gasteiger partial charge in [-0.2, -0.15) is 0 Å². The number of tetrazole rings is 1. The predicted octanol–water partition coefficient (Wildman–Crippen LogP) is 2.83. The van der Waals surface area contributed by atoms with Gasteiger partial charge in [0.1, 0.15) is 0 Å². The Hall–Kier alpha value is -1.76. The van der Waals surface area contributed by atoms with Crippen molar-refractivity contribution in [1.29, 1.82) is 0 Å². The van der Waals surface area contributed by atoms with Gasteiger partial charge in [-0.15, -0.1) is 5.10 Å². The van der Waals surface area contributed by atoms with E-state index in [1.165, 1.54) is 0 Å². The van der Waals surface area contributed by atoms with Crippen molar-refractivity contribution in [2.24, 2.45) is 0 Å². The molecule has 0 unspecified atom stereocenters. The Balaban J connectivity index is 2.19. The first-order valence-corrected chi connectivity index (χ1v) is 7.09. The third-order valence-electron chi connectivity index (χ3n) is 2.85. The number of benzene rings is 1. The molecule has 1 aromatic heterocycles. The van der Waals surface area contributed by atoms with E-state index in [0.29, 0.717) is 12.1 Å². The van der Waals surface area contributed by atoms with E-state index in [1.54, 1.807) is 17.7 Å². The Morgan fingerprint density at radius 1 is 1.45 bits per heavy atom. The maximum Gasteiger partial charge on any atom is 0.170 e. The van der Waals surface area contributed by atoms with Crippen molar-refractivity contribution < 1.29 is 4.79 Å². The van der Waals surface area contributed by atoms with Gasteiger partial charge in [0.05, 0.1) is 12.6 Å². The molecule has 0 atom stereocenters. The van der Waals surface area contributed by atoms with Crippen LogP contribution in [0.4, 0.5) is 5.69 Å². The molecule has 20 heavy (non-hydrogen) atoms.